The molecule has 0 bridgehead atoms. The van der Waals surface area contributed by atoms with E-state index < -0.39 is 11.5 Å². The van der Waals surface area contributed by atoms with Crippen molar-refractivity contribution in [3.05, 3.63) is 29.3 Å². The van der Waals surface area contributed by atoms with Crippen molar-refractivity contribution in [3.63, 3.8) is 0 Å². The summed E-state index contributed by atoms with van der Waals surface area (Å²) in [6.45, 7) is 0. The third-order valence-corrected chi connectivity index (χ3v) is 4.03. The summed E-state index contributed by atoms with van der Waals surface area (Å²) >= 11 is 5.79. The molecule has 0 aliphatic heterocycles. The van der Waals surface area contributed by atoms with Gasteiger partial charge in [-0.15, -0.1) is 0 Å². The van der Waals surface area contributed by atoms with Crippen LogP contribution in [0.5, 0.6) is 0 Å². The van der Waals surface area contributed by atoms with Crippen molar-refractivity contribution >= 4 is 29.3 Å². The van der Waals surface area contributed by atoms with E-state index in [1.807, 2.05) is 0 Å². The van der Waals surface area contributed by atoms with Gasteiger partial charge in [-0.1, -0.05) is 30.9 Å². The maximum absolute atomic E-state index is 12.1. The van der Waals surface area contributed by atoms with E-state index >= 15 is 0 Å². The molecule has 114 valence electrons. The molecule has 2 rings (SSSR count). The largest absolute Gasteiger partial charge is 0.481 e. The molecule has 3 N–H and O–H groups in total. The summed E-state index contributed by atoms with van der Waals surface area (Å²) in [5.41, 5.74) is -0.0150. The summed E-state index contributed by atoms with van der Waals surface area (Å²) < 4.78 is 0. The van der Waals surface area contributed by atoms with Gasteiger partial charge in [-0.3, -0.25) is 4.79 Å². The molecule has 0 spiro atoms. The van der Waals surface area contributed by atoms with E-state index in [0.717, 1.165) is 19.3 Å². The lowest BCUT2D eigenvalue weighted by Crippen LogP contribution is -2.52. The summed E-state index contributed by atoms with van der Waals surface area (Å²) in [6, 6.07) is 6.40. The Bertz CT molecular complexity index is 510. The molecule has 1 aromatic carbocycles. The summed E-state index contributed by atoms with van der Waals surface area (Å²) in [5, 5.41) is 15.2. The molecule has 0 heterocycles. The van der Waals surface area contributed by atoms with Crippen molar-refractivity contribution in [2.24, 2.45) is 0 Å². The Morgan fingerprint density at radius 2 is 1.76 bits per heavy atom. The molecular formula is C15H19ClN2O3. The van der Waals surface area contributed by atoms with Crippen LogP contribution in [0.2, 0.25) is 5.02 Å². The van der Waals surface area contributed by atoms with Crippen LogP contribution in [0.4, 0.5) is 10.5 Å². The molecule has 6 heteroatoms. The fraction of sp³-hybridized carbons (Fsp3) is 0.467. The second kappa shape index (κ2) is 6.80. The molecular weight excluding hydrogens is 292 g/mol. The Balaban J connectivity index is 2.00. The minimum Gasteiger partial charge on any atom is -0.481 e. The Morgan fingerprint density at radius 1 is 1.14 bits per heavy atom. The Kier molecular flexibility index (Phi) is 5.07. The number of rotatable bonds is 4. The molecule has 1 aliphatic rings. The number of amides is 2. The zero-order valence-electron chi connectivity index (χ0n) is 11.7. The number of halogens is 1. The smallest absolute Gasteiger partial charge is 0.319 e. The normalized spacial score (nSPS) is 17.0. The van der Waals surface area contributed by atoms with Crippen molar-refractivity contribution in [2.45, 2.75) is 44.1 Å². The monoisotopic (exact) mass is 310 g/mol. The Morgan fingerprint density at radius 3 is 2.33 bits per heavy atom. The number of aliphatic carboxylic acids is 1. The first-order valence-corrected chi connectivity index (χ1v) is 7.43. The molecule has 1 aliphatic carbocycles. The molecule has 21 heavy (non-hydrogen) atoms. The fourth-order valence-corrected chi connectivity index (χ4v) is 2.93. The highest BCUT2D eigenvalue weighted by Crippen LogP contribution is 2.31. The van der Waals surface area contributed by atoms with Crippen molar-refractivity contribution in [2.75, 3.05) is 5.32 Å². The number of nitrogens with one attached hydrogen (secondary N) is 2. The van der Waals surface area contributed by atoms with E-state index in [4.69, 9.17) is 16.7 Å². The lowest BCUT2D eigenvalue weighted by molar-refractivity contribution is -0.138. The molecule has 1 saturated carbocycles. The van der Waals surface area contributed by atoms with E-state index in [0.29, 0.717) is 23.6 Å². The molecule has 0 aromatic heterocycles. The number of urea groups is 1. The second-order valence-electron chi connectivity index (χ2n) is 5.50. The molecule has 1 aromatic rings. The van der Waals surface area contributed by atoms with Crippen LogP contribution in [0.25, 0.3) is 0 Å². The van der Waals surface area contributed by atoms with Crippen LogP contribution in [-0.2, 0) is 4.79 Å². The van der Waals surface area contributed by atoms with Gasteiger partial charge in [0.05, 0.1) is 12.0 Å². The molecule has 2 amide bonds. The molecule has 0 atom stereocenters. The number of carbonyl (C=O) groups excluding carboxylic acids is 1. The van der Waals surface area contributed by atoms with Gasteiger partial charge in [-0.25, -0.2) is 4.79 Å². The standard InChI is InChI=1S/C15H19ClN2O3/c16-11-4-6-12(7-5-11)17-14(21)18-15(10-13(19)20)8-2-1-3-9-15/h4-7H,1-3,8-10H2,(H,19,20)(H2,17,18,21). The van der Waals surface area contributed by atoms with Crippen molar-refractivity contribution in [3.8, 4) is 0 Å². The molecule has 0 radical (unpaired) electrons. The summed E-state index contributed by atoms with van der Waals surface area (Å²) in [6.07, 6.45) is 4.33. The van der Waals surface area contributed by atoms with Crippen molar-refractivity contribution < 1.29 is 14.7 Å². The van der Waals surface area contributed by atoms with E-state index in [2.05, 4.69) is 10.6 Å². The van der Waals surface area contributed by atoms with Crippen molar-refractivity contribution in [1.29, 1.82) is 0 Å². The molecule has 1 fully saturated rings. The lowest BCUT2D eigenvalue weighted by Gasteiger charge is -2.36. The van der Waals surface area contributed by atoms with Gasteiger partial charge in [-0.05, 0) is 37.1 Å². The SMILES string of the molecule is O=C(O)CC1(NC(=O)Nc2ccc(Cl)cc2)CCCCC1. The average Bonchev–Trinajstić information content (AvgIpc) is 2.41. The molecule has 0 unspecified atom stereocenters. The number of carboxylic acids is 1. The van der Waals surface area contributed by atoms with Gasteiger partial charge in [0.1, 0.15) is 0 Å². The van der Waals surface area contributed by atoms with E-state index in [1.54, 1.807) is 24.3 Å². The van der Waals surface area contributed by atoms with Crippen LogP contribution in [0.15, 0.2) is 24.3 Å². The number of anilines is 1. The fourth-order valence-electron chi connectivity index (χ4n) is 2.80. The minimum atomic E-state index is -0.885. The van der Waals surface area contributed by atoms with Crippen LogP contribution in [-0.4, -0.2) is 22.6 Å². The van der Waals surface area contributed by atoms with Crippen LogP contribution < -0.4 is 10.6 Å². The maximum atomic E-state index is 12.1. The van der Waals surface area contributed by atoms with Gasteiger partial charge in [0.2, 0.25) is 0 Å². The highest BCUT2D eigenvalue weighted by molar-refractivity contribution is 6.30. The van der Waals surface area contributed by atoms with E-state index in [1.165, 1.54) is 0 Å². The van der Waals surface area contributed by atoms with Gasteiger partial charge < -0.3 is 15.7 Å². The van der Waals surface area contributed by atoms with Gasteiger partial charge >= 0.3 is 12.0 Å². The Hall–Kier alpha value is -1.75. The zero-order valence-corrected chi connectivity index (χ0v) is 12.4. The van der Waals surface area contributed by atoms with Gasteiger partial charge in [0, 0.05) is 10.7 Å². The quantitative estimate of drug-likeness (QED) is 0.794. The Labute approximate surface area is 128 Å². The highest BCUT2D eigenvalue weighted by atomic mass is 35.5. The van der Waals surface area contributed by atoms with Gasteiger partial charge in [0.25, 0.3) is 0 Å². The molecule has 0 saturated heterocycles. The summed E-state index contributed by atoms with van der Waals surface area (Å²) in [4.78, 5) is 23.2. The third-order valence-electron chi connectivity index (χ3n) is 3.78. The third kappa shape index (κ3) is 4.63. The van der Waals surface area contributed by atoms with E-state index in [-0.39, 0.29) is 12.5 Å². The van der Waals surface area contributed by atoms with Crippen LogP contribution in [0.3, 0.4) is 0 Å². The second-order valence-corrected chi connectivity index (χ2v) is 5.93. The van der Waals surface area contributed by atoms with Gasteiger partial charge in [0.15, 0.2) is 0 Å². The van der Waals surface area contributed by atoms with E-state index in [9.17, 15) is 9.59 Å². The van der Waals surface area contributed by atoms with Crippen molar-refractivity contribution in [1.82, 2.24) is 5.32 Å². The average molecular weight is 311 g/mol. The first-order chi connectivity index (χ1) is 9.99. The number of carbonyl (C=O) groups is 2. The number of carboxylic acid groups (broad SMARTS) is 1. The first kappa shape index (κ1) is 15.6. The lowest BCUT2D eigenvalue weighted by atomic mass is 9.79. The maximum Gasteiger partial charge on any atom is 0.319 e. The summed E-state index contributed by atoms with van der Waals surface area (Å²) in [7, 11) is 0. The predicted molar refractivity (Wildman–Crippen MR) is 81.7 cm³/mol. The van der Waals surface area contributed by atoms with Crippen LogP contribution >= 0.6 is 11.6 Å². The zero-order chi connectivity index (χ0) is 15.3. The topological polar surface area (TPSA) is 78.4 Å². The minimum absolute atomic E-state index is 0.0406. The van der Waals surface area contributed by atoms with Gasteiger partial charge in [-0.2, -0.15) is 0 Å². The van der Waals surface area contributed by atoms with Crippen LogP contribution in [0.1, 0.15) is 38.5 Å². The number of hydrogen-bond donors (Lipinski definition) is 3. The summed E-state index contributed by atoms with van der Waals surface area (Å²) in [5.74, 6) is -0.885. The first-order valence-electron chi connectivity index (χ1n) is 7.06. The highest BCUT2D eigenvalue weighted by Gasteiger charge is 2.35. The molecule has 5 nitrogen and oxygen atoms in total. The predicted octanol–water partition coefficient (Wildman–Crippen LogP) is 3.64. The van der Waals surface area contributed by atoms with Crippen LogP contribution in [0, 0.1) is 0 Å². The number of hydrogen-bond acceptors (Lipinski definition) is 2. The number of benzene rings is 1.